The van der Waals surface area contributed by atoms with Crippen LogP contribution in [0.1, 0.15) is 22.3 Å². The van der Waals surface area contributed by atoms with E-state index < -0.39 is 5.91 Å². The van der Waals surface area contributed by atoms with E-state index in [2.05, 4.69) is 21.2 Å². The molecular formula is C25H20BrClN2O2. The van der Waals surface area contributed by atoms with Gasteiger partial charge in [-0.25, -0.2) is 0 Å². The fourth-order valence-electron chi connectivity index (χ4n) is 3.08. The van der Waals surface area contributed by atoms with Crippen molar-refractivity contribution < 1.29 is 9.53 Å². The average Bonchev–Trinajstić information content (AvgIpc) is 2.76. The molecule has 156 valence electrons. The zero-order valence-electron chi connectivity index (χ0n) is 17.1. The summed E-state index contributed by atoms with van der Waals surface area (Å²) in [5.74, 6) is 0.192. The molecule has 3 rings (SSSR count). The summed E-state index contributed by atoms with van der Waals surface area (Å²) in [6, 6.07) is 20.8. The predicted octanol–water partition coefficient (Wildman–Crippen LogP) is 6.56. The Morgan fingerprint density at radius 1 is 1.16 bits per heavy atom. The van der Waals surface area contributed by atoms with Crippen LogP contribution in [-0.4, -0.2) is 13.0 Å². The summed E-state index contributed by atoms with van der Waals surface area (Å²) in [5, 5.41) is 12.8. The lowest BCUT2D eigenvalue weighted by atomic mass is 10.0. The lowest BCUT2D eigenvalue weighted by Crippen LogP contribution is -2.14. The molecule has 0 spiro atoms. The topological polar surface area (TPSA) is 62.1 Å². The molecule has 0 radical (unpaired) electrons. The Kier molecular flexibility index (Phi) is 7.51. The lowest BCUT2D eigenvalue weighted by molar-refractivity contribution is -0.112. The smallest absolute Gasteiger partial charge is 0.266 e. The molecule has 0 bridgehead atoms. The maximum absolute atomic E-state index is 12.6. The van der Waals surface area contributed by atoms with Gasteiger partial charge < -0.3 is 10.1 Å². The van der Waals surface area contributed by atoms with Crippen molar-refractivity contribution in [2.45, 2.75) is 13.3 Å². The van der Waals surface area contributed by atoms with E-state index in [0.29, 0.717) is 28.4 Å². The van der Waals surface area contributed by atoms with Gasteiger partial charge >= 0.3 is 0 Å². The third-order valence-electron chi connectivity index (χ3n) is 4.77. The number of methoxy groups -OCH3 is 1. The Hall–Kier alpha value is -3.07. The number of aryl methyl sites for hydroxylation is 1. The van der Waals surface area contributed by atoms with Gasteiger partial charge in [-0.3, -0.25) is 4.79 Å². The highest BCUT2D eigenvalue weighted by atomic mass is 79.9. The molecule has 0 fully saturated rings. The average molecular weight is 496 g/mol. The molecule has 3 aromatic rings. The van der Waals surface area contributed by atoms with Crippen molar-refractivity contribution in [1.29, 1.82) is 5.26 Å². The van der Waals surface area contributed by atoms with Crippen LogP contribution in [0.25, 0.3) is 6.08 Å². The molecule has 31 heavy (non-hydrogen) atoms. The van der Waals surface area contributed by atoms with Gasteiger partial charge in [0.25, 0.3) is 5.91 Å². The monoisotopic (exact) mass is 494 g/mol. The van der Waals surface area contributed by atoms with E-state index in [1.807, 2.05) is 61.5 Å². The van der Waals surface area contributed by atoms with Gasteiger partial charge in [-0.1, -0.05) is 63.9 Å². The maximum Gasteiger partial charge on any atom is 0.266 e. The first kappa shape index (κ1) is 22.6. The number of nitriles is 1. The zero-order valence-corrected chi connectivity index (χ0v) is 19.4. The first-order valence-electron chi connectivity index (χ1n) is 9.51. The van der Waals surface area contributed by atoms with Crippen molar-refractivity contribution in [2.24, 2.45) is 0 Å². The Labute approximate surface area is 195 Å². The molecule has 0 aliphatic heterocycles. The van der Waals surface area contributed by atoms with E-state index in [1.54, 1.807) is 25.3 Å². The largest absolute Gasteiger partial charge is 0.496 e. The number of anilines is 1. The quantitative estimate of drug-likeness (QED) is 0.311. The van der Waals surface area contributed by atoms with Gasteiger partial charge in [0.15, 0.2) is 0 Å². The van der Waals surface area contributed by atoms with Crippen molar-refractivity contribution in [2.75, 3.05) is 12.4 Å². The van der Waals surface area contributed by atoms with Crippen molar-refractivity contribution in [3.63, 3.8) is 0 Å². The van der Waals surface area contributed by atoms with Gasteiger partial charge in [0.2, 0.25) is 0 Å². The van der Waals surface area contributed by atoms with Gasteiger partial charge in [0.1, 0.15) is 17.4 Å². The minimum atomic E-state index is -0.496. The molecular weight excluding hydrogens is 476 g/mol. The summed E-state index contributed by atoms with van der Waals surface area (Å²) in [4.78, 5) is 12.6. The minimum Gasteiger partial charge on any atom is -0.496 e. The van der Waals surface area contributed by atoms with Crippen LogP contribution in [0.3, 0.4) is 0 Å². The van der Waals surface area contributed by atoms with Gasteiger partial charge in [0.05, 0.1) is 7.11 Å². The van der Waals surface area contributed by atoms with Gasteiger partial charge in [-0.15, -0.1) is 0 Å². The third kappa shape index (κ3) is 5.75. The highest BCUT2D eigenvalue weighted by Crippen LogP contribution is 2.27. The molecule has 0 aliphatic carbocycles. The van der Waals surface area contributed by atoms with Crippen LogP contribution in [0, 0.1) is 18.3 Å². The number of carbonyl (C=O) groups is 1. The maximum atomic E-state index is 12.6. The molecule has 0 heterocycles. The van der Waals surface area contributed by atoms with E-state index >= 15 is 0 Å². The van der Waals surface area contributed by atoms with Crippen molar-refractivity contribution >= 4 is 45.2 Å². The molecule has 1 amide bonds. The molecule has 6 heteroatoms. The highest BCUT2D eigenvalue weighted by molar-refractivity contribution is 9.10. The number of ether oxygens (including phenoxy) is 1. The minimum absolute atomic E-state index is 0.0139. The standard InChI is InChI=1S/C25H20BrClN2O2/c1-16-7-10-21(27)14-23(16)29-25(30)20(15-28)11-17-8-9-19(24(12-17)31-2)13-18-5-3-4-6-22(18)26/h3-12,14H,13H2,1-2H3,(H,29,30)/b20-11+. The third-order valence-corrected chi connectivity index (χ3v) is 5.78. The van der Waals surface area contributed by atoms with Gasteiger partial charge in [0, 0.05) is 21.6 Å². The molecule has 0 saturated carbocycles. The van der Waals surface area contributed by atoms with E-state index in [1.165, 1.54) is 0 Å². The van der Waals surface area contributed by atoms with Crippen LogP contribution in [-0.2, 0) is 11.2 Å². The zero-order chi connectivity index (χ0) is 22.4. The number of halogens is 2. The molecule has 0 aliphatic rings. The molecule has 1 N–H and O–H groups in total. The number of rotatable bonds is 6. The van der Waals surface area contributed by atoms with Crippen LogP contribution in [0.4, 0.5) is 5.69 Å². The van der Waals surface area contributed by atoms with Crippen molar-refractivity contribution in [3.8, 4) is 11.8 Å². The number of amides is 1. The van der Waals surface area contributed by atoms with E-state index in [4.69, 9.17) is 16.3 Å². The SMILES string of the molecule is COc1cc(/C=C(\C#N)C(=O)Nc2cc(Cl)ccc2C)ccc1Cc1ccccc1Br. The van der Waals surface area contributed by atoms with E-state index in [0.717, 1.165) is 21.2 Å². The first-order valence-corrected chi connectivity index (χ1v) is 10.7. The number of hydrogen-bond donors (Lipinski definition) is 1. The second kappa shape index (κ2) is 10.3. The van der Waals surface area contributed by atoms with Gasteiger partial charge in [-0.05, 0) is 59.5 Å². The molecule has 0 aromatic heterocycles. The Bertz CT molecular complexity index is 1200. The Morgan fingerprint density at radius 3 is 2.65 bits per heavy atom. The van der Waals surface area contributed by atoms with E-state index in [-0.39, 0.29) is 5.57 Å². The van der Waals surface area contributed by atoms with Crippen LogP contribution in [0.2, 0.25) is 5.02 Å². The lowest BCUT2D eigenvalue weighted by Gasteiger charge is -2.11. The molecule has 0 saturated heterocycles. The second-order valence-corrected chi connectivity index (χ2v) is 8.21. The van der Waals surface area contributed by atoms with Crippen LogP contribution < -0.4 is 10.1 Å². The Balaban J connectivity index is 1.85. The van der Waals surface area contributed by atoms with E-state index in [9.17, 15) is 10.1 Å². The molecule has 4 nitrogen and oxygen atoms in total. The van der Waals surface area contributed by atoms with Crippen LogP contribution in [0.5, 0.6) is 5.75 Å². The molecule has 0 atom stereocenters. The first-order chi connectivity index (χ1) is 14.9. The van der Waals surface area contributed by atoms with Gasteiger partial charge in [-0.2, -0.15) is 5.26 Å². The summed E-state index contributed by atoms with van der Waals surface area (Å²) in [7, 11) is 1.60. The summed E-state index contributed by atoms with van der Waals surface area (Å²) in [5.41, 5.74) is 4.25. The number of nitrogens with one attached hydrogen (secondary N) is 1. The number of nitrogens with zero attached hydrogens (tertiary/aromatic N) is 1. The van der Waals surface area contributed by atoms with Crippen molar-refractivity contribution in [1.82, 2.24) is 0 Å². The van der Waals surface area contributed by atoms with Crippen molar-refractivity contribution in [3.05, 3.63) is 98.0 Å². The summed E-state index contributed by atoms with van der Waals surface area (Å²) in [6.07, 6.45) is 2.23. The molecule has 0 unspecified atom stereocenters. The van der Waals surface area contributed by atoms with Crippen LogP contribution >= 0.6 is 27.5 Å². The highest BCUT2D eigenvalue weighted by Gasteiger charge is 2.13. The Morgan fingerprint density at radius 2 is 1.94 bits per heavy atom. The number of benzene rings is 3. The summed E-state index contributed by atoms with van der Waals surface area (Å²) >= 11 is 9.58. The second-order valence-electron chi connectivity index (χ2n) is 6.92. The molecule has 3 aromatic carbocycles. The predicted molar refractivity (Wildman–Crippen MR) is 128 cm³/mol. The fourth-order valence-corrected chi connectivity index (χ4v) is 3.67. The number of carbonyl (C=O) groups excluding carboxylic acids is 1. The van der Waals surface area contributed by atoms with Crippen LogP contribution in [0.15, 0.2) is 70.7 Å². The normalized spacial score (nSPS) is 11.0. The summed E-state index contributed by atoms with van der Waals surface area (Å²) in [6.45, 7) is 1.86. The summed E-state index contributed by atoms with van der Waals surface area (Å²) < 4.78 is 6.58. The fraction of sp³-hybridized carbons (Fsp3) is 0.120. The number of hydrogen-bond acceptors (Lipinski definition) is 3.